The Balaban J connectivity index is 1.58. The Labute approximate surface area is 122 Å². The maximum atomic E-state index is 5.58. The fourth-order valence-electron chi connectivity index (χ4n) is 2.87. The van der Waals surface area contributed by atoms with Gasteiger partial charge in [0.25, 0.3) is 0 Å². The SMILES string of the molecule is CCCN1CCC(NC(=S)NCC2CCCO2)CC1. The number of nitrogens with one attached hydrogen (secondary N) is 2. The van der Waals surface area contributed by atoms with E-state index in [4.69, 9.17) is 17.0 Å². The highest BCUT2D eigenvalue weighted by molar-refractivity contribution is 7.80. The van der Waals surface area contributed by atoms with E-state index in [0.29, 0.717) is 12.1 Å². The summed E-state index contributed by atoms with van der Waals surface area (Å²) in [6.07, 6.45) is 6.34. The fourth-order valence-corrected chi connectivity index (χ4v) is 3.12. The monoisotopic (exact) mass is 285 g/mol. The van der Waals surface area contributed by atoms with Crippen LogP contribution in [0.5, 0.6) is 0 Å². The van der Waals surface area contributed by atoms with Crippen molar-refractivity contribution in [3.63, 3.8) is 0 Å². The van der Waals surface area contributed by atoms with Crippen LogP contribution in [-0.4, -0.2) is 54.9 Å². The van der Waals surface area contributed by atoms with Gasteiger partial charge in [0.1, 0.15) is 0 Å². The molecular weight excluding hydrogens is 258 g/mol. The second-order valence-electron chi connectivity index (χ2n) is 5.61. The Morgan fingerprint density at radius 2 is 2.11 bits per heavy atom. The number of thiocarbonyl (C=S) groups is 1. The summed E-state index contributed by atoms with van der Waals surface area (Å²) in [5.41, 5.74) is 0. The van der Waals surface area contributed by atoms with Gasteiger partial charge in [0.15, 0.2) is 5.11 Å². The molecule has 0 aromatic carbocycles. The molecule has 2 aliphatic heterocycles. The minimum atomic E-state index is 0.353. The maximum absolute atomic E-state index is 5.58. The van der Waals surface area contributed by atoms with Crippen molar-refractivity contribution >= 4 is 17.3 Å². The van der Waals surface area contributed by atoms with Crippen molar-refractivity contribution in [2.24, 2.45) is 0 Å². The predicted molar refractivity (Wildman–Crippen MR) is 82.5 cm³/mol. The molecule has 19 heavy (non-hydrogen) atoms. The lowest BCUT2D eigenvalue weighted by Crippen LogP contribution is -2.48. The number of rotatable bonds is 5. The summed E-state index contributed by atoms with van der Waals surface area (Å²) in [6.45, 7) is 7.62. The van der Waals surface area contributed by atoms with Crippen LogP contribution in [0.2, 0.25) is 0 Å². The van der Waals surface area contributed by atoms with Crippen molar-refractivity contribution in [1.82, 2.24) is 15.5 Å². The first-order chi connectivity index (χ1) is 9.28. The number of ether oxygens (including phenoxy) is 1. The van der Waals surface area contributed by atoms with Gasteiger partial charge in [-0.1, -0.05) is 6.92 Å². The fraction of sp³-hybridized carbons (Fsp3) is 0.929. The summed E-state index contributed by atoms with van der Waals surface area (Å²) < 4.78 is 5.58. The van der Waals surface area contributed by atoms with E-state index in [-0.39, 0.29) is 0 Å². The molecule has 2 saturated heterocycles. The molecule has 0 aromatic heterocycles. The Morgan fingerprint density at radius 1 is 1.32 bits per heavy atom. The zero-order chi connectivity index (χ0) is 13.5. The van der Waals surface area contributed by atoms with Gasteiger partial charge in [0.2, 0.25) is 0 Å². The van der Waals surface area contributed by atoms with Crippen molar-refractivity contribution in [1.29, 1.82) is 0 Å². The van der Waals surface area contributed by atoms with Crippen LogP contribution in [0.4, 0.5) is 0 Å². The highest BCUT2D eigenvalue weighted by Crippen LogP contribution is 2.11. The molecule has 0 spiro atoms. The molecule has 1 atom stereocenters. The Bertz CT molecular complexity index is 274. The third-order valence-electron chi connectivity index (χ3n) is 3.98. The summed E-state index contributed by atoms with van der Waals surface area (Å²) in [7, 11) is 0. The molecule has 110 valence electrons. The molecule has 0 aromatic rings. The molecule has 2 aliphatic rings. The van der Waals surface area contributed by atoms with Crippen LogP contribution in [0, 0.1) is 0 Å². The number of likely N-dealkylation sites (tertiary alicyclic amines) is 1. The quantitative estimate of drug-likeness (QED) is 0.749. The van der Waals surface area contributed by atoms with Gasteiger partial charge >= 0.3 is 0 Å². The van der Waals surface area contributed by atoms with Crippen LogP contribution in [0.15, 0.2) is 0 Å². The van der Waals surface area contributed by atoms with Gasteiger partial charge in [0, 0.05) is 32.3 Å². The van der Waals surface area contributed by atoms with Gasteiger partial charge in [-0.15, -0.1) is 0 Å². The maximum Gasteiger partial charge on any atom is 0.166 e. The number of nitrogens with zero attached hydrogens (tertiary/aromatic N) is 1. The van der Waals surface area contributed by atoms with E-state index < -0.39 is 0 Å². The van der Waals surface area contributed by atoms with Gasteiger partial charge in [-0.3, -0.25) is 0 Å². The minimum absolute atomic E-state index is 0.353. The lowest BCUT2D eigenvalue weighted by molar-refractivity contribution is 0.114. The molecule has 2 fully saturated rings. The largest absolute Gasteiger partial charge is 0.376 e. The lowest BCUT2D eigenvalue weighted by Gasteiger charge is -2.32. The second-order valence-corrected chi connectivity index (χ2v) is 6.01. The van der Waals surface area contributed by atoms with Crippen molar-refractivity contribution < 1.29 is 4.74 Å². The number of hydrogen-bond acceptors (Lipinski definition) is 3. The average molecular weight is 285 g/mol. The van der Waals surface area contributed by atoms with Crippen molar-refractivity contribution in [3.05, 3.63) is 0 Å². The highest BCUT2D eigenvalue weighted by Gasteiger charge is 2.20. The normalized spacial score (nSPS) is 25.4. The molecule has 2 heterocycles. The molecule has 0 radical (unpaired) electrons. The summed E-state index contributed by atoms with van der Waals surface area (Å²) in [5, 5.41) is 7.53. The topological polar surface area (TPSA) is 36.5 Å². The smallest absolute Gasteiger partial charge is 0.166 e. The molecule has 5 heteroatoms. The van der Waals surface area contributed by atoms with Crippen LogP contribution < -0.4 is 10.6 Å². The van der Waals surface area contributed by atoms with Crippen molar-refractivity contribution in [2.75, 3.05) is 32.8 Å². The summed E-state index contributed by atoms with van der Waals surface area (Å²) >= 11 is 5.36. The molecule has 0 bridgehead atoms. The molecule has 0 aliphatic carbocycles. The molecular formula is C14H27N3OS. The van der Waals surface area contributed by atoms with Crippen LogP contribution in [0.3, 0.4) is 0 Å². The second kappa shape index (κ2) is 8.02. The molecule has 0 amide bonds. The third kappa shape index (κ3) is 5.24. The Morgan fingerprint density at radius 3 is 2.74 bits per heavy atom. The van der Waals surface area contributed by atoms with E-state index in [1.165, 1.54) is 45.3 Å². The summed E-state index contributed by atoms with van der Waals surface area (Å²) in [4.78, 5) is 2.54. The predicted octanol–water partition coefficient (Wildman–Crippen LogP) is 1.50. The standard InChI is InChI=1S/C14H27N3OS/c1-2-7-17-8-5-12(6-9-17)16-14(19)15-11-13-4-3-10-18-13/h12-13H,2-11H2,1H3,(H2,15,16,19). The Kier molecular flexibility index (Phi) is 6.34. The zero-order valence-corrected chi connectivity index (χ0v) is 12.8. The van der Waals surface area contributed by atoms with Gasteiger partial charge in [-0.05, 0) is 50.9 Å². The van der Waals surface area contributed by atoms with E-state index in [1.807, 2.05) is 0 Å². The first-order valence-corrected chi connectivity index (χ1v) is 8.07. The van der Waals surface area contributed by atoms with E-state index in [1.54, 1.807) is 0 Å². The first kappa shape index (κ1) is 15.0. The average Bonchev–Trinajstić information content (AvgIpc) is 2.92. The molecule has 2 rings (SSSR count). The van der Waals surface area contributed by atoms with Gasteiger partial charge in [0.05, 0.1) is 6.10 Å². The van der Waals surface area contributed by atoms with Crippen molar-refractivity contribution in [2.45, 2.75) is 51.2 Å². The van der Waals surface area contributed by atoms with Gasteiger partial charge in [-0.2, -0.15) is 0 Å². The van der Waals surface area contributed by atoms with Gasteiger partial charge in [-0.25, -0.2) is 0 Å². The molecule has 0 saturated carbocycles. The van der Waals surface area contributed by atoms with Gasteiger partial charge < -0.3 is 20.3 Å². The molecule has 4 nitrogen and oxygen atoms in total. The zero-order valence-electron chi connectivity index (χ0n) is 12.0. The third-order valence-corrected chi connectivity index (χ3v) is 4.24. The highest BCUT2D eigenvalue weighted by atomic mass is 32.1. The minimum Gasteiger partial charge on any atom is -0.376 e. The Hall–Kier alpha value is -0.390. The van der Waals surface area contributed by atoms with E-state index >= 15 is 0 Å². The summed E-state index contributed by atoms with van der Waals surface area (Å²) in [5.74, 6) is 0. The first-order valence-electron chi connectivity index (χ1n) is 7.66. The molecule has 2 N–H and O–H groups in total. The van der Waals surface area contributed by atoms with E-state index in [0.717, 1.165) is 24.7 Å². The molecule has 1 unspecified atom stereocenters. The van der Waals surface area contributed by atoms with Crippen molar-refractivity contribution in [3.8, 4) is 0 Å². The number of piperidine rings is 1. The summed E-state index contributed by atoms with van der Waals surface area (Å²) in [6, 6.07) is 0.539. The van der Waals surface area contributed by atoms with Crippen LogP contribution >= 0.6 is 12.2 Å². The van der Waals surface area contributed by atoms with E-state index in [2.05, 4.69) is 22.5 Å². The van der Waals surface area contributed by atoms with Crippen LogP contribution in [0.25, 0.3) is 0 Å². The lowest BCUT2D eigenvalue weighted by atomic mass is 10.1. The van der Waals surface area contributed by atoms with E-state index in [9.17, 15) is 0 Å². The van der Waals surface area contributed by atoms with Crippen LogP contribution in [-0.2, 0) is 4.74 Å². The van der Waals surface area contributed by atoms with Crippen LogP contribution in [0.1, 0.15) is 39.0 Å². The number of hydrogen-bond donors (Lipinski definition) is 2.